The Kier molecular flexibility index (Phi) is 6.68. The second-order valence-electron chi connectivity index (χ2n) is 8.19. The molecule has 0 aromatic heterocycles. The number of ether oxygens (including phenoxy) is 1. The number of hydrogen-bond acceptors (Lipinski definition) is 4. The predicted octanol–water partition coefficient (Wildman–Crippen LogP) is 5.23. The molecule has 0 saturated heterocycles. The maximum absolute atomic E-state index is 13.2. The smallest absolute Gasteiger partial charge is 0.259 e. The number of benzene rings is 4. The first-order valence-electron chi connectivity index (χ1n) is 10.8. The van der Waals surface area contributed by atoms with Crippen molar-refractivity contribution >= 4 is 32.4 Å². The highest BCUT2D eigenvalue weighted by molar-refractivity contribution is 7.89. The number of carbonyl (C=O) groups excluding carboxylic acids is 1. The van der Waals surface area contributed by atoms with Crippen LogP contribution in [-0.2, 0) is 16.6 Å². The number of anilines is 1. The molecule has 0 saturated carbocycles. The van der Waals surface area contributed by atoms with Gasteiger partial charge in [-0.15, -0.1) is 0 Å². The van der Waals surface area contributed by atoms with Crippen LogP contribution in [0.2, 0.25) is 0 Å². The number of hydrogen-bond donors (Lipinski definition) is 1. The quantitative estimate of drug-likeness (QED) is 0.398. The Morgan fingerprint density at radius 2 is 1.56 bits per heavy atom. The van der Waals surface area contributed by atoms with Crippen molar-refractivity contribution in [3.05, 3.63) is 102 Å². The van der Waals surface area contributed by atoms with Crippen molar-refractivity contribution in [3.63, 3.8) is 0 Å². The number of rotatable bonds is 7. The lowest BCUT2D eigenvalue weighted by atomic mass is 10.0. The lowest BCUT2D eigenvalue weighted by Crippen LogP contribution is -2.22. The van der Waals surface area contributed by atoms with Gasteiger partial charge in [0.2, 0.25) is 10.0 Å². The van der Waals surface area contributed by atoms with Gasteiger partial charge in [-0.3, -0.25) is 4.79 Å². The normalized spacial score (nSPS) is 11.5. The molecule has 1 N–H and O–H groups in total. The zero-order valence-corrected chi connectivity index (χ0v) is 20.1. The van der Waals surface area contributed by atoms with Gasteiger partial charge in [-0.25, -0.2) is 12.7 Å². The number of nitrogens with one attached hydrogen (secondary N) is 1. The Bertz CT molecular complexity index is 1460. The third-order valence-electron chi connectivity index (χ3n) is 5.56. The summed E-state index contributed by atoms with van der Waals surface area (Å²) < 4.78 is 32.2. The monoisotopic (exact) mass is 474 g/mol. The SMILES string of the molecule is Cc1ccccc1NC(=O)c1cc2ccccc2cc1OCc1cccc(S(=O)(=O)N(C)C)c1. The fourth-order valence-corrected chi connectivity index (χ4v) is 4.56. The summed E-state index contributed by atoms with van der Waals surface area (Å²) in [6.07, 6.45) is 0. The summed E-state index contributed by atoms with van der Waals surface area (Å²) >= 11 is 0. The molecule has 4 rings (SSSR count). The van der Waals surface area contributed by atoms with Gasteiger partial charge in [0, 0.05) is 19.8 Å². The van der Waals surface area contributed by atoms with E-state index in [-0.39, 0.29) is 17.4 Å². The van der Waals surface area contributed by atoms with Gasteiger partial charge in [-0.1, -0.05) is 54.6 Å². The predicted molar refractivity (Wildman–Crippen MR) is 135 cm³/mol. The third-order valence-corrected chi connectivity index (χ3v) is 7.37. The second kappa shape index (κ2) is 9.67. The lowest BCUT2D eigenvalue weighted by molar-refractivity contribution is 0.102. The van der Waals surface area contributed by atoms with Crippen molar-refractivity contribution in [1.82, 2.24) is 4.31 Å². The van der Waals surface area contributed by atoms with Gasteiger partial charge in [0.05, 0.1) is 10.5 Å². The largest absolute Gasteiger partial charge is 0.488 e. The van der Waals surface area contributed by atoms with Gasteiger partial charge in [-0.05, 0) is 59.2 Å². The molecule has 4 aromatic carbocycles. The third kappa shape index (κ3) is 4.95. The van der Waals surface area contributed by atoms with Crippen LogP contribution in [0.1, 0.15) is 21.5 Å². The Morgan fingerprint density at radius 1 is 0.882 bits per heavy atom. The molecule has 0 aliphatic rings. The summed E-state index contributed by atoms with van der Waals surface area (Å²) in [5, 5.41) is 4.83. The average molecular weight is 475 g/mol. The standard InChI is InChI=1S/C27H26N2O4S/c1-19-9-4-7-14-25(19)28-27(30)24-16-21-11-5-6-12-22(21)17-26(24)33-18-20-10-8-13-23(15-20)34(31,32)29(2)3/h4-17H,18H2,1-3H3,(H,28,30). The molecular formula is C27H26N2O4S. The molecule has 0 aliphatic heterocycles. The van der Waals surface area contributed by atoms with Crippen LogP contribution in [0.5, 0.6) is 5.75 Å². The molecular weight excluding hydrogens is 448 g/mol. The Labute approximate surface area is 199 Å². The van der Waals surface area contributed by atoms with E-state index in [9.17, 15) is 13.2 Å². The summed E-state index contributed by atoms with van der Waals surface area (Å²) in [7, 11) is -0.572. The van der Waals surface area contributed by atoms with Crippen molar-refractivity contribution < 1.29 is 17.9 Å². The van der Waals surface area contributed by atoms with Crippen LogP contribution >= 0.6 is 0 Å². The molecule has 1 amide bonds. The van der Waals surface area contributed by atoms with Gasteiger partial charge in [0.1, 0.15) is 12.4 Å². The first kappa shape index (κ1) is 23.5. The van der Waals surface area contributed by atoms with Crippen LogP contribution in [0.3, 0.4) is 0 Å². The number of para-hydroxylation sites is 1. The van der Waals surface area contributed by atoms with Crippen LogP contribution < -0.4 is 10.1 Å². The van der Waals surface area contributed by atoms with Gasteiger partial charge >= 0.3 is 0 Å². The van der Waals surface area contributed by atoms with Crippen LogP contribution in [-0.4, -0.2) is 32.7 Å². The van der Waals surface area contributed by atoms with E-state index >= 15 is 0 Å². The molecule has 0 aliphatic carbocycles. The zero-order chi connectivity index (χ0) is 24.3. The van der Waals surface area contributed by atoms with Crippen molar-refractivity contribution in [3.8, 4) is 5.75 Å². The molecule has 174 valence electrons. The molecule has 0 spiro atoms. The van der Waals surface area contributed by atoms with Gasteiger partial charge in [0.25, 0.3) is 5.91 Å². The number of sulfonamides is 1. The summed E-state index contributed by atoms with van der Waals surface area (Å²) in [6.45, 7) is 2.04. The number of carbonyl (C=O) groups is 1. The first-order valence-corrected chi connectivity index (χ1v) is 12.2. The van der Waals surface area contributed by atoms with Crippen molar-refractivity contribution in [2.24, 2.45) is 0 Å². The molecule has 6 nitrogen and oxygen atoms in total. The van der Waals surface area contributed by atoms with Crippen molar-refractivity contribution in [2.75, 3.05) is 19.4 Å². The van der Waals surface area contributed by atoms with E-state index in [4.69, 9.17) is 4.74 Å². The first-order chi connectivity index (χ1) is 16.3. The summed E-state index contributed by atoms with van der Waals surface area (Å²) in [6, 6.07) is 25.6. The van der Waals surface area contributed by atoms with E-state index < -0.39 is 10.0 Å². The van der Waals surface area contributed by atoms with Crippen LogP contribution in [0, 0.1) is 6.92 Å². The molecule has 0 fully saturated rings. The van der Waals surface area contributed by atoms with E-state index in [1.165, 1.54) is 18.4 Å². The number of nitrogens with zero attached hydrogens (tertiary/aromatic N) is 1. The molecule has 7 heteroatoms. The van der Waals surface area contributed by atoms with E-state index in [1.54, 1.807) is 24.3 Å². The minimum Gasteiger partial charge on any atom is -0.488 e. The molecule has 0 heterocycles. The minimum atomic E-state index is -3.56. The van der Waals surface area contributed by atoms with Crippen molar-refractivity contribution in [1.29, 1.82) is 0 Å². The maximum Gasteiger partial charge on any atom is 0.259 e. The van der Waals surface area contributed by atoms with Crippen LogP contribution in [0.15, 0.2) is 89.8 Å². The second-order valence-corrected chi connectivity index (χ2v) is 10.3. The van der Waals surface area contributed by atoms with E-state index in [1.807, 2.05) is 67.6 Å². The minimum absolute atomic E-state index is 0.111. The Hall–Kier alpha value is -3.68. The molecule has 4 aromatic rings. The van der Waals surface area contributed by atoms with E-state index in [0.717, 1.165) is 22.0 Å². The van der Waals surface area contributed by atoms with Crippen LogP contribution in [0.4, 0.5) is 5.69 Å². The summed E-state index contributed by atoms with van der Waals surface area (Å²) in [5.74, 6) is 0.143. The highest BCUT2D eigenvalue weighted by atomic mass is 32.2. The summed E-state index contributed by atoms with van der Waals surface area (Å²) in [4.78, 5) is 13.4. The maximum atomic E-state index is 13.2. The highest BCUT2D eigenvalue weighted by Crippen LogP contribution is 2.28. The molecule has 0 atom stereocenters. The fraction of sp³-hybridized carbons (Fsp3) is 0.148. The number of aryl methyl sites for hydroxylation is 1. The van der Waals surface area contributed by atoms with E-state index in [0.29, 0.717) is 16.9 Å². The topological polar surface area (TPSA) is 75.7 Å². The van der Waals surface area contributed by atoms with Gasteiger partial charge in [0.15, 0.2) is 0 Å². The molecule has 0 radical (unpaired) electrons. The Morgan fingerprint density at radius 3 is 2.26 bits per heavy atom. The number of fused-ring (bicyclic) bond motifs is 1. The summed E-state index contributed by atoms with van der Waals surface area (Å²) in [5.41, 5.74) is 2.77. The van der Waals surface area contributed by atoms with Crippen LogP contribution in [0.25, 0.3) is 10.8 Å². The molecule has 0 unspecified atom stereocenters. The van der Waals surface area contributed by atoms with Gasteiger partial charge in [-0.2, -0.15) is 0 Å². The highest BCUT2D eigenvalue weighted by Gasteiger charge is 2.18. The molecule has 0 bridgehead atoms. The van der Waals surface area contributed by atoms with E-state index in [2.05, 4.69) is 5.32 Å². The zero-order valence-electron chi connectivity index (χ0n) is 19.3. The molecule has 34 heavy (non-hydrogen) atoms. The number of amides is 1. The fourth-order valence-electron chi connectivity index (χ4n) is 3.59. The lowest BCUT2D eigenvalue weighted by Gasteiger charge is -2.15. The van der Waals surface area contributed by atoms with Gasteiger partial charge < -0.3 is 10.1 Å². The van der Waals surface area contributed by atoms with Crippen molar-refractivity contribution in [2.45, 2.75) is 18.4 Å². The Balaban J connectivity index is 1.66. The average Bonchev–Trinajstić information content (AvgIpc) is 2.83.